The fraction of sp³-hybridized carbons (Fsp3) is 0.667. The van der Waals surface area contributed by atoms with Crippen LogP contribution in [0.25, 0.3) is 0 Å². The number of rotatable bonds is 2. The van der Waals surface area contributed by atoms with Crippen molar-refractivity contribution >= 4 is 5.91 Å². The molecule has 2 saturated heterocycles. The van der Waals surface area contributed by atoms with Gasteiger partial charge in [-0.3, -0.25) is 9.48 Å². The van der Waals surface area contributed by atoms with Crippen LogP contribution >= 0.6 is 0 Å². The normalized spacial score (nSPS) is 29.4. The molecular formula is C12H18N4O. The topological polar surface area (TPSA) is 50.2 Å². The third-order valence-electron chi connectivity index (χ3n) is 3.95. The van der Waals surface area contributed by atoms with Crippen molar-refractivity contribution in [2.24, 2.45) is 5.92 Å². The zero-order valence-electron chi connectivity index (χ0n) is 10.0. The minimum Gasteiger partial charge on any atom is -0.339 e. The van der Waals surface area contributed by atoms with E-state index >= 15 is 0 Å². The van der Waals surface area contributed by atoms with Gasteiger partial charge in [-0.25, -0.2) is 0 Å². The predicted octanol–water partition coefficient (Wildman–Crippen LogP) is 0.264. The molecule has 3 heterocycles. The Hall–Kier alpha value is -1.36. The van der Waals surface area contributed by atoms with Gasteiger partial charge in [0.05, 0.1) is 0 Å². The van der Waals surface area contributed by atoms with Gasteiger partial charge in [0.1, 0.15) is 6.04 Å². The number of hydrogen-bond acceptors (Lipinski definition) is 3. The SMILES string of the molecule is CC(C(=O)N1C[C@H]2CCN[C@H]2C1)n1cccn1. The average molecular weight is 234 g/mol. The first-order valence-electron chi connectivity index (χ1n) is 6.27. The van der Waals surface area contributed by atoms with Crippen LogP contribution in [-0.2, 0) is 4.79 Å². The quantitative estimate of drug-likeness (QED) is 0.799. The number of nitrogens with zero attached hydrogens (tertiary/aromatic N) is 3. The van der Waals surface area contributed by atoms with E-state index in [4.69, 9.17) is 0 Å². The van der Waals surface area contributed by atoms with Gasteiger partial charge in [-0.15, -0.1) is 0 Å². The number of nitrogens with one attached hydrogen (secondary N) is 1. The van der Waals surface area contributed by atoms with Crippen LogP contribution in [0.5, 0.6) is 0 Å². The molecule has 2 aliphatic heterocycles. The Morgan fingerprint density at radius 2 is 2.41 bits per heavy atom. The van der Waals surface area contributed by atoms with E-state index in [-0.39, 0.29) is 11.9 Å². The number of hydrogen-bond donors (Lipinski definition) is 1. The predicted molar refractivity (Wildman–Crippen MR) is 63.4 cm³/mol. The molecule has 0 aliphatic carbocycles. The fourth-order valence-electron chi connectivity index (χ4n) is 2.92. The molecule has 0 radical (unpaired) electrons. The van der Waals surface area contributed by atoms with Crippen molar-refractivity contribution in [2.75, 3.05) is 19.6 Å². The molecular weight excluding hydrogens is 216 g/mol. The summed E-state index contributed by atoms with van der Waals surface area (Å²) in [5.74, 6) is 0.841. The summed E-state index contributed by atoms with van der Waals surface area (Å²) in [7, 11) is 0. The molecule has 0 aromatic carbocycles. The van der Waals surface area contributed by atoms with E-state index in [2.05, 4.69) is 10.4 Å². The van der Waals surface area contributed by atoms with Crippen molar-refractivity contribution in [3.63, 3.8) is 0 Å². The molecule has 0 spiro atoms. The van der Waals surface area contributed by atoms with Crippen LogP contribution in [0.1, 0.15) is 19.4 Å². The molecule has 17 heavy (non-hydrogen) atoms. The van der Waals surface area contributed by atoms with Crippen LogP contribution in [0.2, 0.25) is 0 Å². The molecule has 2 fully saturated rings. The van der Waals surface area contributed by atoms with Crippen LogP contribution in [0.15, 0.2) is 18.5 Å². The molecule has 1 aromatic heterocycles. The molecule has 5 heteroatoms. The van der Waals surface area contributed by atoms with Gasteiger partial charge >= 0.3 is 0 Å². The van der Waals surface area contributed by atoms with Crippen LogP contribution in [0.3, 0.4) is 0 Å². The molecule has 0 saturated carbocycles. The van der Waals surface area contributed by atoms with Gasteiger partial charge in [0.25, 0.3) is 0 Å². The summed E-state index contributed by atoms with van der Waals surface area (Å²) >= 11 is 0. The second-order valence-corrected chi connectivity index (χ2v) is 5.01. The summed E-state index contributed by atoms with van der Waals surface area (Å²) in [5.41, 5.74) is 0. The Labute approximate surface area is 101 Å². The zero-order valence-corrected chi connectivity index (χ0v) is 10.0. The minimum absolute atomic E-state index is 0.185. The summed E-state index contributed by atoms with van der Waals surface area (Å²) in [6.07, 6.45) is 4.76. The van der Waals surface area contributed by atoms with Crippen LogP contribution in [0, 0.1) is 5.92 Å². The number of carbonyl (C=O) groups excluding carboxylic acids is 1. The van der Waals surface area contributed by atoms with E-state index < -0.39 is 0 Å². The maximum absolute atomic E-state index is 12.3. The highest BCUT2D eigenvalue weighted by molar-refractivity contribution is 5.80. The molecule has 1 unspecified atom stereocenters. The molecule has 3 atom stereocenters. The smallest absolute Gasteiger partial charge is 0.247 e. The molecule has 1 aromatic rings. The lowest BCUT2D eigenvalue weighted by Gasteiger charge is -2.21. The summed E-state index contributed by atoms with van der Waals surface area (Å²) in [6.45, 7) is 4.78. The van der Waals surface area contributed by atoms with E-state index in [1.807, 2.05) is 24.1 Å². The Balaban J connectivity index is 1.67. The second-order valence-electron chi connectivity index (χ2n) is 5.01. The highest BCUT2D eigenvalue weighted by atomic mass is 16.2. The van der Waals surface area contributed by atoms with Crippen molar-refractivity contribution in [1.29, 1.82) is 0 Å². The van der Waals surface area contributed by atoms with Crippen LogP contribution in [-0.4, -0.2) is 46.3 Å². The molecule has 3 rings (SSSR count). The summed E-state index contributed by atoms with van der Waals surface area (Å²) < 4.78 is 1.73. The van der Waals surface area contributed by atoms with Gasteiger partial charge in [0.15, 0.2) is 0 Å². The third kappa shape index (κ3) is 1.84. The molecule has 2 aliphatic rings. The first-order chi connectivity index (χ1) is 8.25. The van der Waals surface area contributed by atoms with E-state index in [1.54, 1.807) is 10.9 Å². The van der Waals surface area contributed by atoms with Gasteiger partial charge < -0.3 is 10.2 Å². The standard InChI is InChI=1S/C12H18N4O/c1-9(16-6-2-4-14-16)12(17)15-7-10-3-5-13-11(10)8-15/h2,4,6,9-11,13H,3,5,7-8H2,1H3/t9?,10-,11+/m1/s1. The Bertz CT molecular complexity index is 391. The summed E-state index contributed by atoms with van der Waals surface area (Å²) in [6, 6.07) is 2.18. The largest absolute Gasteiger partial charge is 0.339 e. The van der Waals surface area contributed by atoms with E-state index in [0.717, 1.165) is 19.6 Å². The summed E-state index contributed by atoms with van der Waals surface area (Å²) in [4.78, 5) is 14.3. The van der Waals surface area contributed by atoms with Gasteiger partial charge in [0.2, 0.25) is 5.91 Å². The van der Waals surface area contributed by atoms with Crippen LogP contribution < -0.4 is 5.32 Å². The number of aromatic nitrogens is 2. The minimum atomic E-state index is -0.191. The van der Waals surface area contributed by atoms with E-state index in [1.165, 1.54) is 6.42 Å². The number of carbonyl (C=O) groups is 1. The Morgan fingerprint density at radius 3 is 3.12 bits per heavy atom. The van der Waals surface area contributed by atoms with Crippen molar-refractivity contribution in [1.82, 2.24) is 20.0 Å². The monoisotopic (exact) mass is 234 g/mol. The molecule has 92 valence electrons. The molecule has 5 nitrogen and oxygen atoms in total. The lowest BCUT2D eigenvalue weighted by Crippen LogP contribution is -2.37. The fourth-order valence-corrected chi connectivity index (χ4v) is 2.92. The maximum Gasteiger partial charge on any atom is 0.247 e. The average Bonchev–Trinajstić information content (AvgIpc) is 3.01. The summed E-state index contributed by atoms with van der Waals surface area (Å²) in [5, 5.41) is 7.60. The van der Waals surface area contributed by atoms with E-state index in [0.29, 0.717) is 12.0 Å². The lowest BCUT2D eigenvalue weighted by molar-refractivity contribution is -0.133. The maximum atomic E-state index is 12.3. The van der Waals surface area contributed by atoms with Crippen molar-refractivity contribution in [2.45, 2.75) is 25.4 Å². The first-order valence-corrected chi connectivity index (χ1v) is 6.27. The number of likely N-dealkylation sites (tertiary alicyclic amines) is 1. The van der Waals surface area contributed by atoms with Crippen molar-refractivity contribution in [3.8, 4) is 0 Å². The highest BCUT2D eigenvalue weighted by Gasteiger charge is 2.39. The van der Waals surface area contributed by atoms with Crippen molar-refractivity contribution in [3.05, 3.63) is 18.5 Å². The third-order valence-corrected chi connectivity index (χ3v) is 3.95. The molecule has 1 N–H and O–H groups in total. The van der Waals surface area contributed by atoms with Gasteiger partial charge in [-0.05, 0) is 31.9 Å². The highest BCUT2D eigenvalue weighted by Crippen LogP contribution is 2.26. The molecule has 1 amide bonds. The number of amides is 1. The Morgan fingerprint density at radius 1 is 1.53 bits per heavy atom. The van der Waals surface area contributed by atoms with Crippen molar-refractivity contribution < 1.29 is 4.79 Å². The van der Waals surface area contributed by atoms with Gasteiger partial charge in [-0.2, -0.15) is 5.10 Å². The van der Waals surface area contributed by atoms with E-state index in [9.17, 15) is 4.79 Å². The zero-order chi connectivity index (χ0) is 11.8. The second kappa shape index (κ2) is 4.14. The van der Waals surface area contributed by atoms with Crippen LogP contribution in [0.4, 0.5) is 0 Å². The molecule has 0 bridgehead atoms. The van der Waals surface area contributed by atoms with Gasteiger partial charge in [-0.1, -0.05) is 0 Å². The lowest BCUT2D eigenvalue weighted by atomic mass is 10.1. The number of fused-ring (bicyclic) bond motifs is 1. The van der Waals surface area contributed by atoms with Gasteiger partial charge in [0, 0.05) is 31.5 Å². The Kier molecular flexibility index (Phi) is 2.63. The first kappa shape index (κ1) is 10.8.